The molecule has 2 aromatic carbocycles. The largest absolute Gasteiger partial charge is 0.391 e. The van der Waals surface area contributed by atoms with Gasteiger partial charge in [-0.1, -0.05) is 30.3 Å². The van der Waals surface area contributed by atoms with Crippen molar-refractivity contribution in [1.82, 2.24) is 9.21 Å². The number of halogens is 2. The van der Waals surface area contributed by atoms with Crippen LogP contribution in [0.25, 0.3) is 0 Å². The van der Waals surface area contributed by atoms with E-state index in [0.717, 1.165) is 12.1 Å². The molecule has 38 heavy (non-hydrogen) atoms. The maximum Gasteiger partial charge on any atom is 0.233 e. The molecule has 3 fully saturated rings. The summed E-state index contributed by atoms with van der Waals surface area (Å²) in [6.07, 6.45) is 1.26. The first-order valence-corrected chi connectivity index (χ1v) is 14.7. The van der Waals surface area contributed by atoms with Gasteiger partial charge in [-0.2, -0.15) is 4.31 Å². The molecule has 0 aliphatic carbocycles. The third-order valence-electron chi connectivity index (χ3n) is 8.38. The van der Waals surface area contributed by atoms with Crippen LogP contribution in [0.4, 0.5) is 8.78 Å². The molecule has 0 spiro atoms. The van der Waals surface area contributed by atoms with Crippen LogP contribution in [-0.4, -0.2) is 67.1 Å². The van der Waals surface area contributed by atoms with Crippen molar-refractivity contribution in [2.75, 3.05) is 26.3 Å². The van der Waals surface area contributed by atoms with Gasteiger partial charge in [0.1, 0.15) is 16.9 Å². The van der Waals surface area contributed by atoms with Gasteiger partial charge in [-0.15, -0.1) is 0 Å². The van der Waals surface area contributed by atoms with E-state index in [2.05, 4.69) is 0 Å². The number of hydrogen-bond acceptors (Lipinski definition) is 5. The number of sulfonamides is 1. The predicted molar refractivity (Wildman–Crippen MR) is 138 cm³/mol. The minimum Gasteiger partial charge on any atom is -0.391 e. The average molecular weight is 549 g/mol. The van der Waals surface area contributed by atoms with Gasteiger partial charge in [-0.3, -0.25) is 4.79 Å². The number of carbonyl (C=O) groups is 1. The highest BCUT2D eigenvalue weighted by molar-refractivity contribution is 7.89. The molecule has 206 valence electrons. The monoisotopic (exact) mass is 548 g/mol. The molecule has 1 N–H and O–H groups in total. The summed E-state index contributed by atoms with van der Waals surface area (Å²) >= 11 is 0. The Hall–Kier alpha value is -2.40. The van der Waals surface area contributed by atoms with Crippen molar-refractivity contribution in [3.8, 4) is 0 Å². The summed E-state index contributed by atoms with van der Waals surface area (Å²) in [6, 6.07) is 10.7. The van der Waals surface area contributed by atoms with Gasteiger partial charge in [0.25, 0.3) is 0 Å². The molecule has 3 aliphatic rings. The van der Waals surface area contributed by atoms with Crippen LogP contribution in [0.1, 0.15) is 61.0 Å². The molecular weight excluding hydrogens is 514 g/mol. The van der Waals surface area contributed by atoms with Crippen LogP contribution in [0.2, 0.25) is 0 Å². The van der Waals surface area contributed by atoms with E-state index in [9.17, 15) is 18.3 Å². The highest BCUT2D eigenvalue weighted by atomic mass is 32.2. The molecule has 3 aliphatic heterocycles. The van der Waals surface area contributed by atoms with Gasteiger partial charge in [0.05, 0.1) is 11.5 Å². The van der Waals surface area contributed by atoms with E-state index in [1.54, 1.807) is 31.2 Å². The Bertz CT molecular complexity index is 1280. The number of amides is 1. The number of carbonyl (C=O) groups excluding carboxylic acids is 1. The zero-order valence-electron chi connectivity index (χ0n) is 21.5. The maximum atomic E-state index is 15.8. The second-order valence-corrected chi connectivity index (χ2v) is 12.8. The van der Waals surface area contributed by atoms with E-state index in [1.807, 2.05) is 6.07 Å². The van der Waals surface area contributed by atoms with Gasteiger partial charge >= 0.3 is 0 Å². The second kappa shape index (κ2) is 10.6. The minimum atomic E-state index is -3.82. The smallest absolute Gasteiger partial charge is 0.233 e. The number of nitrogens with zero attached hydrogens (tertiary/aromatic N) is 2. The number of benzene rings is 2. The third kappa shape index (κ3) is 4.87. The molecule has 0 saturated carbocycles. The molecule has 0 aromatic heterocycles. The van der Waals surface area contributed by atoms with E-state index in [1.165, 1.54) is 9.21 Å². The lowest BCUT2D eigenvalue weighted by Gasteiger charge is -2.39. The Kier molecular flexibility index (Phi) is 7.61. The van der Waals surface area contributed by atoms with Gasteiger partial charge < -0.3 is 14.7 Å². The molecule has 7 nitrogen and oxygen atoms in total. The first-order chi connectivity index (χ1) is 18.1. The summed E-state index contributed by atoms with van der Waals surface area (Å²) in [5.41, 5.74) is -0.723. The van der Waals surface area contributed by atoms with Crippen molar-refractivity contribution < 1.29 is 31.8 Å². The summed E-state index contributed by atoms with van der Waals surface area (Å²) in [7, 11) is -3.82. The van der Waals surface area contributed by atoms with E-state index in [-0.39, 0.29) is 62.2 Å². The number of aliphatic hydroxyl groups is 1. The molecule has 3 saturated heterocycles. The molecule has 3 heterocycles. The average Bonchev–Trinajstić information content (AvgIpc) is 3.34. The quantitative estimate of drug-likeness (QED) is 0.617. The Morgan fingerprint density at radius 1 is 1.08 bits per heavy atom. The zero-order valence-corrected chi connectivity index (χ0v) is 22.3. The molecule has 1 amide bonds. The summed E-state index contributed by atoms with van der Waals surface area (Å²) < 4.78 is 65.3. The lowest BCUT2D eigenvalue weighted by Crippen LogP contribution is -2.50. The van der Waals surface area contributed by atoms with Crippen molar-refractivity contribution in [2.45, 2.75) is 68.4 Å². The molecule has 0 unspecified atom stereocenters. The SMILES string of the molecule is C[C@H]1CC[C@H](c2ccccc2)S(=O)(=O)N1Cc1cc(F)c(C2(C(=O)N3CC[C@H](O)C3)CCOCC2)cc1F. The second-order valence-electron chi connectivity index (χ2n) is 10.7. The summed E-state index contributed by atoms with van der Waals surface area (Å²) in [5.74, 6) is -1.81. The molecule has 10 heteroatoms. The van der Waals surface area contributed by atoms with Gasteiger partial charge in [0, 0.05) is 50.0 Å². The topological polar surface area (TPSA) is 87.2 Å². The van der Waals surface area contributed by atoms with Crippen molar-refractivity contribution in [2.24, 2.45) is 0 Å². The highest BCUT2D eigenvalue weighted by Crippen LogP contribution is 2.41. The molecule has 0 bridgehead atoms. The number of ether oxygens (including phenoxy) is 1. The van der Waals surface area contributed by atoms with Crippen molar-refractivity contribution in [3.63, 3.8) is 0 Å². The van der Waals surface area contributed by atoms with Gasteiger partial charge in [0.2, 0.25) is 15.9 Å². The fraction of sp³-hybridized carbons (Fsp3) is 0.536. The van der Waals surface area contributed by atoms with Crippen LogP contribution >= 0.6 is 0 Å². The standard InChI is InChI=1S/C28H34F2N2O5S/c1-19-7-8-26(20-5-3-2-4-6-20)38(35,36)32(19)17-21-15-25(30)23(16-24(21)29)28(10-13-37-14-11-28)27(34)31-12-9-22(33)18-31/h2-6,15-16,19,22,26,33H,7-14,17-18H2,1H3/t19-,22-,26+/m0/s1. The van der Waals surface area contributed by atoms with E-state index >= 15 is 8.78 Å². The number of rotatable bonds is 5. The van der Waals surface area contributed by atoms with Crippen molar-refractivity contribution >= 4 is 15.9 Å². The first-order valence-electron chi connectivity index (χ1n) is 13.2. The Labute approximate surface area is 222 Å². The van der Waals surface area contributed by atoms with E-state index in [4.69, 9.17) is 4.74 Å². The molecular formula is C28H34F2N2O5S. The maximum absolute atomic E-state index is 15.8. The van der Waals surface area contributed by atoms with Gasteiger partial charge in [-0.25, -0.2) is 17.2 Å². The summed E-state index contributed by atoms with van der Waals surface area (Å²) in [4.78, 5) is 15.1. The molecule has 3 atom stereocenters. The Morgan fingerprint density at radius 2 is 1.79 bits per heavy atom. The zero-order chi connectivity index (χ0) is 27.1. The van der Waals surface area contributed by atoms with Crippen LogP contribution in [-0.2, 0) is 31.5 Å². The number of aliphatic hydroxyl groups excluding tert-OH is 1. The third-order valence-corrected chi connectivity index (χ3v) is 10.7. The van der Waals surface area contributed by atoms with Crippen LogP contribution in [0.5, 0.6) is 0 Å². The predicted octanol–water partition coefficient (Wildman–Crippen LogP) is 3.66. The van der Waals surface area contributed by atoms with E-state index in [0.29, 0.717) is 31.4 Å². The number of hydrogen-bond donors (Lipinski definition) is 1. The van der Waals surface area contributed by atoms with Crippen LogP contribution in [0.3, 0.4) is 0 Å². The van der Waals surface area contributed by atoms with Crippen LogP contribution in [0, 0.1) is 11.6 Å². The normalized spacial score (nSPS) is 27.4. The molecule has 5 rings (SSSR count). The van der Waals surface area contributed by atoms with Gasteiger partial charge in [0.15, 0.2) is 0 Å². The minimum absolute atomic E-state index is 0.0369. The lowest BCUT2D eigenvalue weighted by atomic mass is 9.72. The summed E-state index contributed by atoms with van der Waals surface area (Å²) in [6.45, 7) is 2.47. The summed E-state index contributed by atoms with van der Waals surface area (Å²) in [5, 5.41) is 9.20. The highest BCUT2D eigenvalue weighted by Gasteiger charge is 2.47. The first kappa shape index (κ1) is 27.2. The Morgan fingerprint density at radius 3 is 2.45 bits per heavy atom. The van der Waals surface area contributed by atoms with Crippen LogP contribution < -0.4 is 0 Å². The molecule has 0 radical (unpaired) electrons. The fourth-order valence-electron chi connectivity index (χ4n) is 6.14. The lowest BCUT2D eigenvalue weighted by molar-refractivity contribution is -0.140. The molecule has 2 aromatic rings. The fourth-order valence-corrected chi connectivity index (χ4v) is 8.33. The number of likely N-dealkylation sites (tertiary alicyclic amines) is 1. The Balaban J connectivity index is 1.46. The van der Waals surface area contributed by atoms with Crippen molar-refractivity contribution in [3.05, 3.63) is 70.8 Å². The number of β-amino-alcohol motifs (C(OH)–C–C–N with tert-alkyl or cyclic N) is 1. The van der Waals surface area contributed by atoms with Crippen LogP contribution in [0.15, 0.2) is 42.5 Å². The van der Waals surface area contributed by atoms with E-state index < -0.39 is 38.4 Å². The van der Waals surface area contributed by atoms with Gasteiger partial charge in [-0.05, 0) is 56.7 Å². The van der Waals surface area contributed by atoms with Crippen molar-refractivity contribution in [1.29, 1.82) is 0 Å².